The van der Waals surface area contributed by atoms with Crippen LogP contribution in [0, 0.1) is 16.0 Å². The lowest BCUT2D eigenvalue weighted by molar-refractivity contribution is -0.385. The van der Waals surface area contributed by atoms with Crippen LogP contribution in [0.2, 0.25) is 18.6 Å². The summed E-state index contributed by atoms with van der Waals surface area (Å²) in [6.07, 6.45) is 4.10. The largest absolute Gasteiger partial charge is 0.497 e. The van der Waals surface area contributed by atoms with Crippen LogP contribution in [-0.2, 0) is 39.4 Å². The number of carbonyl (C=O) groups is 2. The van der Waals surface area contributed by atoms with Gasteiger partial charge >= 0.3 is 0 Å². The van der Waals surface area contributed by atoms with Gasteiger partial charge < -0.3 is 30.1 Å². The molecule has 1 aromatic heterocycles. The molecule has 15 heteroatoms. The van der Waals surface area contributed by atoms with Crippen LogP contribution in [-0.4, -0.2) is 77.3 Å². The van der Waals surface area contributed by atoms with Gasteiger partial charge in [0.2, 0.25) is 5.91 Å². The zero-order chi connectivity index (χ0) is 38.2. The molecule has 0 saturated carbocycles. The Morgan fingerprint density at radius 1 is 1.17 bits per heavy atom. The Balaban J connectivity index is 1.24. The average molecular weight is 754 g/mol. The third-order valence-electron chi connectivity index (χ3n) is 11.6. The van der Waals surface area contributed by atoms with Gasteiger partial charge in [0.15, 0.2) is 5.60 Å². The number of hydrogen-bond donors (Lipinski definition) is 3. The van der Waals surface area contributed by atoms with Crippen LogP contribution >= 0.6 is 0 Å². The first-order chi connectivity index (χ1) is 26.0. The molecular formula is C39H47N7O7Si. The summed E-state index contributed by atoms with van der Waals surface area (Å²) in [6, 6.07) is 19.9. The molecule has 0 unspecified atom stereocenters. The molecule has 1 spiro atoms. The number of carbonyl (C=O) groups excluding carboxylic acids is 2. The van der Waals surface area contributed by atoms with Crippen molar-refractivity contribution < 1.29 is 29.1 Å². The Hall–Kier alpha value is -4.96. The summed E-state index contributed by atoms with van der Waals surface area (Å²) in [5, 5.41) is 37.4. The summed E-state index contributed by atoms with van der Waals surface area (Å²) in [4.78, 5) is 41.3. The number of nitro groups is 1. The number of rotatable bonds is 13. The fraction of sp³-hybridized carbons (Fsp3) is 0.436. The predicted molar refractivity (Wildman–Crippen MR) is 205 cm³/mol. The van der Waals surface area contributed by atoms with Crippen LogP contribution in [0.15, 0.2) is 72.9 Å². The molecule has 0 radical (unpaired) electrons. The van der Waals surface area contributed by atoms with E-state index in [4.69, 9.17) is 9.47 Å². The number of aromatic nitrogens is 3. The molecule has 5 atom stereocenters. The molecular weight excluding hydrogens is 707 g/mol. The molecule has 0 aliphatic carbocycles. The van der Waals surface area contributed by atoms with E-state index in [0.717, 1.165) is 30.7 Å². The Bertz CT molecular complexity index is 2020. The summed E-state index contributed by atoms with van der Waals surface area (Å²) in [7, 11) is -0.828. The van der Waals surface area contributed by atoms with E-state index in [1.807, 2.05) is 42.6 Å². The fourth-order valence-electron chi connectivity index (χ4n) is 8.79. The maximum absolute atomic E-state index is 15.1. The maximum atomic E-state index is 15.1. The summed E-state index contributed by atoms with van der Waals surface area (Å²) in [6.45, 7) is 8.10. The maximum Gasteiger partial charge on any atom is 0.269 e. The van der Waals surface area contributed by atoms with Gasteiger partial charge in [0, 0.05) is 55.1 Å². The zero-order valence-corrected chi connectivity index (χ0v) is 32.0. The van der Waals surface area contributed by atoms with Crippen LogP contribution < -0.4 is 25.5 Å². The number of nitro benzene ring substituents is 1. The van der Waals surface area contributed by atoms with Crippen molar-refractivity contribution in [1.29, 1.82) is 0 Å². The number of nitrogens with zero attached hydrogens (tertiary/aromatic N) is 5. The fourth-order valence-corrected chi connectivity index (χ4v) is 12.9. The first kappa shape index (κ1) is 37.4. The van der Waals surface area contributed by atoms with Gasteiger partial charge in [0.1, 0.15) is 5.75 Å². The lowest BCUT2D eigenvalue weighted by Crippen LogP contribution is -2.51. The third-order valence-corrected chi connectivity index (χ3v) is 15.9. The first-order valence-corrected chi connectivity index (χ1v) is 21.6. The molecule has 284 valence electrons. The molecule has 4 aromatic rings. The van der Waals surface area contributed by atoms with Gasteiger partial charge in [-0.25, -0.2) is 0 Å². The van der Waals surface area contributed by atoms with Gasteiger partial charge in [0.05, 0.1) is 50.2 Å². The quantitative estimate of drug-likeness (QED) is 0.102. The second-order valence-corrected chi connectivity index (χ2v) is 19.8. The molecule has 2 saturated heterocycles. The van der Waals surface area contributed by atoms with Crippen molar-refractivity contribution in [3.8, 4) is 5.75 Å². The number of benzene rings is 3. The number of non-ortho nitro benzene ring substituents is 1. The highest BCUT2D eigenvalue weighted by Gasteiger charge is 2.66. The summed E-state index contributed by atoms with van der Waals surface area (Å²) in [5.74, 6) is 0.0703. The van der Waals surface area contributed by atoms with E-state index in [1.54, 1.807) is 22.8 Å². The highest BCUT2D eigenvalue weighted by Crippen LogP contribution is 2.60. The van der Waals surface area contributed by atoms with E-state index in [9.17, 15) is 20.0 Å². The van der Waals surface area contributed by atoms with Crippen molar-refractivity contribution in [3.05, 3.63) is 99.9 Å². The number of amides is 2. The predicted octanol–water partition coefficient (Wildman–Crippen LogP) is 4.27. The number of hydrogen-bond acceptors (Lipinski definition) is 10. The molecule has 3 aliphatic heterocycles. The van der Waals surface area contributed by atoms with Gasteiger partial charge in [-0.1, -0.05) is 54.7 Å². The van der Waals surface area contributed by atoms with Gasteiger partial charge in [-0.15, -0.1) is 5.10 Å². The summed E-state index contributed by atoms with van der Waals surface area (Å²) < 4.78 is 14.3. The number of aliphatic hydroxyl groups excluding tert-OH is 1. The van der Waals surface area contributed by atoms with Gasteiger partial charge in [0.25, 0.3) is 11.6 Å². The van der Waals surface area contributed by atoms with Crippen molar-refractivity contribution in [2.75, 3.05) is 30.5 Å². The number of methoxy groups -OCH3 is 1. The van der Waals surface area contributed by atoms with Crippen LogP contribution in [0.1, 0.15) is 43.0 Å². The molecule has 3 aliphatic rings. The Morgan fingerprint density at radius 3 is 2.59 bits per heavy atom. The van der Waals surface area contributed by atoms with E-state index in [-0.39, 0.29) is 48.2 Å². The van der Waals surface area contributed by atoms with E-state index in [0.29, 0.717) is 42.0 Å². The van der Waals surface area contributed by atoms with Gasteiger partial charge in [-0.3, -0.25) is 24.4 Å². The van der Waals surface area contributed by atoms with Gasteiger partial charge in [-0.2, -0.15) is 0 Å². The number of nitrogens with one attached hydrogen (secondary N) is 2. The normalized spacial score (nSPS) is 23.6. The summed E-state index contributed by atoms with van der Waals surface area (Å²) in [5.41, 5.74) is 1.59. The molecule has 2 fully saturated rings. The highest BCUT2D eigenvalue weighted by atomic mass is 28.3. The second-order valence-electron chi connectivity index (χ2n) is 15.1. The number of aryl methyl sites for hydroxylation is 1. The van der Waals surface area contributed by atoms with Crippen LogP contribution in [0.5, 0.6) is 5.75 Å². The Morgan fingerprint density at radius 2 is 1.93 bits per heavy atom. The zero-order valence-electron chi connectivity index (χ0n) is 31.0. The molecule has 7 rings (SSSR count). The molecule has 2 amide bonds. The molecule has 3 aromatic carbocycles. The van der Waals surface area contributed by atoms with Crippen LogP contribution in [0.25, 0.3) is 0 Å². The monoisotopic (exact) mass is 753 g/mol. The van der Waals surface area contributed by atoms with Crippen molar-refractivity contribution in [2.24, 2.45) is 5.92 Å². The van der Waals surface area contributed by atoms with Crippen molar-refractivity contribution >= 4 is 42.1 Å². The minimum Gasteiger partial charge on any atom is -0.497 e. The highest BCUT2D eigenvalue weighted by molar-refractivity contribution is 6.91. The smallest absolute Gasteiger partial charge is 0.269 e. The molecule has 4 heterocycles. The van der Waals surface area contributed by atoms with Crippen molar-refractivity contribution in [3.63, 3.8) is 0 Å². The SMILES string of the molecule is COc1ccc([Si](C)(C)[C@H]2[C@H](CCn3cc(CCO)nn3)O[C@@]3(C(=O)N(Cc4ccc(NC(=O)[C@H]5CCCN5)cc4)c4ccc([N+](=O)[O-])cc43)[C@@H]2C)cc1. The van der Waals surface area contributed by atoms with Crippen LogP contribution in [0.4, 0.5) is 17.1 Å². The topological polar surface area (TPSA) is 174 Å². The second kappa shape index (κ2) is 15.0. The minimum absolute atomic E-state index is 0.0306. The Kier molecular flexibility index (Phi) is 10.4. The van der Waals surface area contributed by atoms with E-state index < -0.39 is 24.7 Å². The van der Waals surface area contributed by atoms with Crippen LogP contribution in [0.3, 0.4) is 0 Å². The lowest BCUT2D eigenvalue weighted by Gasteiger charge is -2.37. The number of ether oxygens (including phenoxy) is 2. The molecule has 3 N–H and O–H groups in total. The molecule has 14 nitrogen and oxygen atoms in total. The number of anilines is 2. The third kappa shape index (κ3) is 6.80. The Labute approximate surface area is 315 Å². The average Bonchev–Trinajstić information content (AvgIpc) is 3.97. The molecule has 0 bridgehead atoms. The number of aliphatic hydroxyl groups is 1. The summed E-state index contributed by atoms with van der Waals surface area (Å²) >= 11 is 0. The van der Waals surface area contributed by atoms with E-state index in [1.165, 1.54) is 17.3 Å². The van der Waals surface area contributed by atoms with Crippen molar-refractivity contribution in [1.82, 2.24) is 20.3 Å². The molecule has 54 heavy (non-hydrogen) atoms. The minimum atomic E-state index is -2.46. The van der Waals surface area contributed by atoms with Crippen molar-refractivity contribution in [2.45, 2.75) is 82.1 Å². The van der Waals surface area contributed by atoms with Gasteiger partial charge in [-0.05, 0) is 67.2 Å². The first-order valence-electron chi connectivity index (χ1n) is 18.5. The van der Waals surface area contributed by atoms with E-state index in [2.05, 4.69) is 53.1 Å². The lowest BCUT2D eigenvalue weighted by atomic mass is 9.82. The standard InChI is InChI=1S/C39H47N7O7Si/c1-25-36(54(3,4)31-14-12-30(52-2)13-15-31)35(17-20-44-24-28(18-21-47)42-43-44)53-39(25)32-22-29(46(50)51)11-16-34(32)45(38(39)49)23-26-7-9-27(10-8-26)41-37(48)33-6-5-19-40-33/h7-16,22,24-25,33,35-36,40,47H,5-6,17-21,23H2,1-4H3,(H,41,48)/t25-,33-,35+,36-,39+/m1/s1. The number of fused-ring (bicyclic) bond motifs is 2. The van der Waals surface area contributed by atoms with E-state index >= 15 is 4.79 Å².